The Hall–Kier alpha value is -6.65. The lowest BCUT2D eigenvalue weighted by atomic mass is 9.82. The van der Waals surface area contributed by atoms with Crippen molar-refractivity contribution in [1.82, 2.24) is 15.0 Å². The van der Waals surface area contributed by atoms with Gasteiger partial charge in [0, 0.05) is 32.9 Å². The van der Waals surface area contributed by atoms with E-state index in [4.69, 9.17) is 19.4 Å². The second-order valence-electron chi connectivity index (χ2n) is 14.0. The topological polar surface area (TPSA) is 51.8 Å². The van der Waals surface area contributed by atoms with Gasteiger partial charge in [-0.1, -0.05) is 147 Å². The number of benzene rings is 7. The average Bonchev–Trinajstić information content (AvgIpc) is 3.70. The van der Waals surface area contributed by atoms with Crippen LogP contribution in [0, 0.1) is 0 Å². The maximum atomic E-state index is 6.55. The summed E-state index contributed by atoms with van der Waals surface area (Å²) < 4.78 is 6.55. The van der Waals surface area contributed by atoms with Crippen molar-refractivity contribution in [2.24, 2.45) is 0 Å². The smallest absolute Gasteiger partial charge is 0.164 e. The highest BCUT2D eigenvalue weighted by Gasteiger charge is 2.35. The van der Waals surface area contributed by atoms with Gasteiger partial charge >= 0.3 is 0 Å². The van der Waals surface area contributed by atoms with Gasteiger partial charge in [-0.25, -0.2) is 15.0 Å². The number of aromatic nitrogens is 3. The SMILES string of the molecule is CC1(C)c2ccccc2-c2cc(-c3nc(-c4ccccc4)nc(-c4ccc5c(c4)oc4cccc(-c6cccc(-c7ccccc7)c6)c45)n3)ccc21. The molecule has 4 heteroatoms. The van der Waals surface area contributed by atoms with Crippen molar-refractivity contribution in [1.29, 1.82) is 0 Å². The van der Waals surface area contributed by atoms with Crippen molar-refractivity contribution in [2.45, 2.75) is 19.3 Å². The van der Waals surface area contributed by atoms with Gasteiger partial charge in [-0.2, -0.15) is 0 Å². The normalized spacial score (nSPS) is 13.0. The molecule has 52 heavy (non-hydrogen) atoms. The Labute approximate surface area is 302 Å². The molecule has 10 rings (SSSR count). The van der Waals surface area contributed by atoms with Crippen LogP contribution in [-0.4, -0.2) is 15.0 Å². The zero-order valence-corrected chi connectivity index (χ0v) is 28.8. The van der Waals surface area contributed by atoms with Gasteiger partial charge in [0.2, 0.25) is 0 Å². The van der Waals surface area contributed by atoms with Crippen LogP contribution in [0.15, 0.2) is 168 Å². The summed E-state index contributed by atoms with van der Waals surface area (Å²) in [6.45, 7) is 4.59. The van der Waals surface area contributed by atoms with E-state index in [9.17, 15) is 0 Å². The fourth-order valence-electron chi connectivity index (χ4n) is 7.91. The zero-order chi connectivity index (χ0) is 34.8. The van der Waals surface area contributed by atoms with E-state index in [1.807, 2.05) is 42.5 Å². The van der Waals surface area contributed by atoms with Crippen molar-refractivity contribution in [3.63, 3.8) is 0 Å². The lowest BCUT2D eigenvalue weighted by Crippen LogP contribution is -2.14. The van der Waals surface area contributed by atoms with E-state index >= 15 is 0 Å². The minimum Gasteiger partial charge on any atom is -0.456 e. The molecular formula is C48H33N3O. The molecule has 0 bridgehead atoms. The number of nitrogens with zero attached hydrogens (tertiary/aromatic N) is 3. The van der Waals surface area contributed by atoms with Crippen LogP contribution in [0.5, 0.6) is 0 Å². The van der Waals surface area contributed by atoms with Crippen LogP contribution >= 0.6 is 0 Å². The largest absolute Gasteiger partial charge is 0.456 e. The van der Waals surface area contributed by atoms with Gasteiger partial charge in [-0.15, -0.1) is 0 Å². The summed E-state index contributed by atoms with van der Waals surface area (Å²) in [7, 11) is 0. The molecule has 0 aliphatic heterocycles. The molecule has 7 aromatic carbocycles. The zero-order valence-electron chi connectivity index (χ0n) is 28.8. The number of fused-ring (bicyclic) bond motifs is 6. The van der Waals surface area contributed by atoms with Crippen LogP contribution in [0.1, 0.15) is 25.0 Å². The molecule has 1 aliphatic rings. The first kappa shape index (κ1) is 30.2. The van der Waals surface area contributed by atoms with Crippen molar-refractivity contribution in [3.8, 4) is 67.5 Å². The van der Waals surface area contributed by atoms with E-state index in [2.05, 4.69) is 135 Å². The van der Waals surface area contributed by atoms with Gasteiger partial charge in [-0.05, 0) is 74.8 Å². The molecule has 246 valence electrons. The predicted molar refractivity (Wildman–Crippen MR) is 212 cm³/mol. The Morgan fingerprint density at radius 3 is 1.75 bits per heavy atom. The quantitative estimate of drug-likeness (QED) is 0.183. The number of rotatable bonds is 5. The minimum atomic E-state index is -0.0729. The standard InChI is InChI=1S/C48H33N3O/c1-48(2)40-21-10-9-19-37(40)39-28-34(24-26-41(39)48)46-49-45(31-15-7-4-8-16-31)50-47(51-46)35-23-25-38-43(29-35)52-42-22-12-20-36(44(38)42)33-18-11-17-32(27-33)30-13-5-3-6-14-30/h3-29H,1-2H3. The molecule has 1 aliphatic carbocycles. The highest BCUT2D eigenvalue weighted by molar-refractivity contribution is 6.13. The molecule has 0 saturated heterocycles. The van der Waals surface area contributed by atoms with Gasteiger partial charge in [0.25, 0.3) is 0 Å². The van der Waals surface area contributed by atoms with E-state index < -0.39 is 0 Å². The van der Waals surface area contributed by atoms with Crippen molar-refractivity contribution < 1.29 is 4.42 Å². The maximum Gasteiger partial charge on any atom is 0.164 e. The number of hydrogen-bond donors (Lipinski definition) is 0. The lowest BCUT2D eigenvalue weighted by molar-refractivity contribution is 0.660. The molecule has 0 spiro atoms. The highest BCUT2D eigenvalue weighted by Crippen LogP contribution is 2.49. The molecule has 0 unspecified atom stereocenters. The predicted octanol–water partition coefficient (Wildman–Crippen LogP) is 12.4. The summed E-state index contributed by atoms with van der Waals surface area (Å²) in [5.41, 5.74) is 14.1. The average molecular weight is 668 g/mol. The fourth-order valence-corrected chi connectivity index (χ4v) is 7.91. The molecule has 9 aromatic rings. The molecule has 0 fully saturated rings. The molecule has 0 atom stereocenters. The van der Waals surface area contributed by atoms with Crippen LogP contribution in [0.2, 0.25) is 0 Å². The van der Waals surface area contributed by atoms with E-state index in [1.54, 1.807) is 0 Å². The molecule has 0 N–H and O–H groups in total. The molecule has 2 heterocycles. The third-order valence-electron chi connectivity index (χ3n) is 10.5. The Kier molecular flexibility index (Phi) is 6.80. The molecule has 0 amide bonds. The number of furan rings is 1. The van der Waals surface area contributed by atoms with E-state index in [-0.39, 0.29) is 5.41 Å². The van der Waals surface area contributed by atoms with E-state index in [0.717, 1.165) is 49.8 Å². The summed E-state index contributed by atoms with van der Waals surface area (Å²) in [6, 6.07) is 57.3. The number of hydrogen-bond acceptors (Lipinski definition) is 4. The van der Waals surface area contributed by atoms with Crippen LogP contribution < -0.4 is 0 Å². The molecule has 2 aromatic heterocycles. The summed E-state index contributed by atoms with van der Waals surface area (Å²) in [5.74, 6) is 1.87. The van der Waals surface area contributed by atoms with Gasteiger partial charge in [0.05, 0.1) is 0 Å². The van der Waals surface area contributed by atoms with Crippen molar-refractivity contribution in [3.05, 3.63) is 175 Å². The Bertz CT molecular complexity index is 2820. The molecule has 0 radical (unpaired) electrons. The molecule has 4 nitrogen and oxygen atoms in total. The summed E-state index contributed by atoms with van der Waals surface area (Å²) in [6.07, 6.45) is 0. The van der Waals surface area contributed by atoms with Crippen LogP contribution in [0.4, 0.5) is 0 Å². The van der Waals surface area contributed by atoms with Gasteiger partial charge in [0.1, 0.15) is 11.2 Å². The molecular weight excluding hydrogens is 635 g/mol. The van der Waals surface area contributed by atoms with E-state index in [1.165, 1.54) is 33.4 Å². The summed E-state index contributed by atoms with van der Waals surface area (Å²) >= 11 is 0. The van der Waals surface area contributed by atoms with Gasteiger partial charge in [-0.3, -0.25) is 0 Å². The summed E-state index contributed by atoms with van der Waals surface area (Å²) in [4.78, 5) is 15.2. The molecule has 0 saturated carbocycles. The second kappa shape index (κ2) is 11.7. The monoisotopic (exact) mass is 667 g/mol. The van der Waals surface area contributed by atoms with Crippen molar-refractivity contribution >= 4 is 21.9 Å². The first-order valence-electron chi connectivity index (χ1n) is 17.7. The second-order valence-corrected chi connectivity index (χ2v) is 14.0. The Balaban J connectivity index is 1.11. The summed E-state index contributed by atoms with van der Waals surface area (Å²) in [5, 5.41) is 2.15. The Morgan fingerprint density at radius 1 is 0.385 bits per heavy atom. The van der Waals surface area contributed by atoms with Gasteiger partial charge < -0.3 is 4.42 Å². The first-order chi connectivity index (χ1) is 25.5. The first-order valence-corrected chi connectivity index (χ1v) is 17.7. The fraction of sp³-hybridized carbons (Fsp3) is 0.0625. The third kappa shape index (κ3) is 4.87. The minimum absolute atomic E-state index is 0.0729. The van der Waals surface area contributed by atoms with Gasteiger partial charge in [0.15, 0.2) is 17.5 Å². The third-order valence-corrected chi connectivity index (χ3v) is 10.5. The van der Waals surface area contributed by atoms with Crippen LogP contribution in [-0.2, 0) is 5.41 Å². The Morgan fingerprint density at radius 2 is 0.962 bits per heavy atom. The highest BCUT2D eigenvalue weighted by atomic mass is 16.3. The van der Waals surface area contributed by atoms with Crippen LogP contribution in [0.25, 0.3) is 89.5 Å². The van der Waals surface area contributed by atoms with Crippen molar-refractivity contribution in [2.75, 3.05) is 0 Å². The van der Waals surface area contributed by atoms with E-state index in [0.29, 0.717) is 17.5 Å². The van der Waals surface area contributed by atoms with Crippen LogP contribution in [0.3, 0.4) is 0 Å². The maximum absolute atomic E-state index is 6.55. The lowest BCUT2D eigenvalue weighted by Gasteiger charge is -2.21.